The number of rotatable bonds is 2. The van der Waals surface area contributed by atoms with Crippen molar-refractivity contribution in [3.8, 4) is 5.75 Å². The van der Waals surface area contributed by atoms with E-state index in [1.54, 1.807) is 0 Å². The fraction of sp³-hybridized carbons (Fsp3) is 0.111. The van der Waals surface area contributed by atoms with Crippen LogP contribution in [0.4, 0.5) is 0 Å². The van der Waals surface area contributed by atoms with Gasteiger partial charge in [0, 0.05) is 11.5 Å². The van der Waals surface area contributed by atoms with E-state index in [2.05, 4.69) is 0 Å². The van der Waals surface area contributed by atoms with Crippen molar-refractivity contribution in [1.82, 2.24) is 4.73 Å². The quantitative estimate of drug-likeness (QED) is 0.472. The molecule has 8 heteroatoms. The van der Waals surface area contributed by atoms with Gasteiger partial charge in [-0.3, -0.25) is 0 Å². The number of aromatic hydroxyl groups is 1. The first kappa shape index (κ1) is 14.3. The fourth-order valence-electron chi connectivity index (χ4n) is 1.50. The van der Waals surface area contributed by atoms with Crippen LogP contribution in [0.1, 0.15) is 0 Å². The second-order valence-corrected chi connectivity index (χ2v) is 4.48. The summed E-state index contributed by atoms with van der Waals surface area (Å²) >= 11 is 0. The Bertz CT molecular complexity index is 649. The number of phenols is 1. The maximum atomic E-state index is 10.9. The summed E-state index contributed by atoms with van der Waals surface area (Å²) in [6.07, 6.45) is 0. The minimum Gasteiger partial charge on any atom is -0.743 e. The van der Waals surface area contributed by atoms with Crippen molar-refractivity contribution in [2.75, 3.05) is 7.11 Å². The molecule has 1 heterocycles. The van der Waals surface area contributed by atoms with E-state index in [1.165, 1.54) is 31.4 Å². The number of benzene rings is 1. The summed E-state index contributed by atoms with van der Waals surface area (Å²) in [4.78, 5) is 4.81. The molecule has 2 aromatic rings. The fourth-order valence-corrected chi connectivity index (χ4v) is 2.15. The van der Waals surface area contributed by atoms with E-state index in [4.69, 9.17) is 4.84 Å². The topological polar surface area (TPSA) is 91.6 Å². The molecular formula is C9H8NNaO5S. The molecule has 2 rings (SSSR count). The van der Waals surface area contributed by atoms with Crippen LogP contribution in [0.2, 0.25) is 0 Å². The molecule has 0 unspecified atom stereocenters. The molecule has 0 aliphatic rings. The van der Waals surface area contributed by atoms with Crippen LogP contribution in [-0.4, -0.2) is 29.9 Å². The summed E-state index contributed by atoms with van der Waals surface area (Å²) in [5.74, 6) is -0.0428. The van der Waals surface area contributed by atoms with E-state index in [9.17, 15) is 18.1 Å². The van der Waals surface area contributed by atoms with Crippen LogP contribution in [0.15, 0.2) is 29.3 Å². The van der Waals surface area contributed by atoms with Crippen molar-refractivity contribution in [2.45, 2.75) is 5.03 Å². The van der Waals surface area contributed by atoms with Crippen molar-refractivity contribution in [1.29, 1.82) is 0 Å². The molecule has 1 aromatic heterocycles. The summed E-state index contributed by atoms with van der Waals surface area (Å²) in [6, 6.07) is 5.40. The molecule has 86 valence electrons. The predicted molar refractivity (Wildman–Crippen MR) is 54.1 cm³/mol. The van der Waals surface area contributed by atoms with Gasteiger partial charge >= 0.3 is 29.6 Å². The minimum atomic E-state index is -4.61. The number of fused-ring (bicyclic) bond motifs is 1. The second-order valence-electron chi connectivity index (χ2n) is 3.16. The molecule has 0 aliphatic heterocycles. The van der Waals surface area contributed by atoms with Crippen molar-refractivity contribution >= 4 is 21.0 Å². The van der Waals surface area contributed by atoms with Gasteiger partial charge < -0.3 is 14.5 Å². The predicted octanol–water partition coefficient (Wildman–Crippen LogP) is -2.69. The third-order valence-corrected chi connectivity index (χ3v) is 2.95. The largest absolute Gasteiger partial charge is 1.00 e. The molecule has 0 bridgehead atoms. The molecule has 17 heavy (non-hydrogen) atoms. The van der Waals surface area contributed by atoms with Gasteiger partial charge in [-0.25, -0.2) is 8.42 Å². The molecule has 0 saturated heterocycles. The molecule has 0 spiro atoms. The summed E-state index contributed by atoms with van der Waals surface area (Å²) < 4.78 is 33.7. The number of hydrogen-bond donors (Lipinski definition) is 1. The van der Waals surface area contributed by atoms with Crippen LogP contribution >= 0.6 is 0 Å². The number of phenolic OH excluding ortho intramolecular Hbond substituents is 1. The molecule has 1 aromatic carbocycles. The zero-order valence-corrected chi connectivity index (χ0v) is 12.1. The van der Waals surface area contributed by atoms with Crippen molar-refractivity contribution in [3.05, 3.63) is 24.3 Å². The van der Waals surface area contributed by atoms with Crippen molar-refractivity contribution in [3.63, 3.8) is 0 Å². The van der Waals surface area contributed by atoms with Crippen molar-refractivity contribution in [2.24, 2.45) is 0 Å². The Labute approximate surface area is 120 Å². The number of nitrogens with zero attached hydrogens (tertiary/aromatic N) is 1. The van der Waals surface area contributed by atoms with E-state index in [-0.39, 0.29) is 35.3 Å². The van der Waals surface area contributed by atoms with Gasteiger partial charge in [-0.2, -0.15) is 4.73 Å². The van der Waals surface area contributed by atoms with Gasteiger partial charge in [0.1, 0.15) is 23.0 Å². The Balaban J connectivity index is 0.00000144. The Hall–Kier alpha value is -0.730. The molecule has 0 atom stereocenters. The van der Waals surface area contributed by atoms with Gasteiger partial charge in [0.2, 0.25) is 0 Å². The van der Waals surface area contributed by atoms with E-state index in [0.717, 1.165) is 4.73 Å². The Morgan fingerprint density at radius 1 is 1.35 bits per heavy atom. The van der Waals surface area contributed by atoms with Gasteiger partial charge in [0.05, 0.1) is 5.52 Å². The Kier molecular flexibility index (Phi) is 4.11. The first-order chi connectivity index (χ1) is 7.43. The van der Waals surface area contributed by atoms with E-state index in [0.29, 0.717) is 10.9 Å². The van der Waals surface area contributed by atoms with Crippen LogP contribution in [0.5, 0.6) is 5.75 Å². The van der Waals surface area contributed by atoms with E-state index < -0.39 is 15.1 Å². The molecule has 0 saturated carbocycles. The Morgan fingerprint density at radius 3 is 2.53 bits per heavy atom. The average molecular weight is 265 g/mol. The molecular weight excluding hydrogens is 257 g/mol. The van der Waals surface area contributed by atoms with Crippen molar-refractivity contribution < 1.29 is 52.5 Å². The minimum absolute atomic E-state index is 0. The third kappa shape index (κ3) is 2.58. The molecule has 6 nitrogen and oxygen atoms in total. The third-order valence-electron chi connectivity index (χ3n) is 2.15. The van der Waals surface area contributed by atoms with Crippen LogP contribution in [-0.2, 0) is 10.1 Å². The van der Waals surface area contributed by atoms with Gasteiger partial charge in [0.15, 0.2) is 5.03 Å². The number of aromatic nitrogens is 1. The van der Waals surface area contributed by atoms with Gasteiger partial charge in [0.25, 0.3) is 0 Å². The van der Waals surface area contributed by atoms with Crippen LogP contribution in [0.3, 0.4) is 0 Å². The average Bonchev–Trinajstić information content (AvgIpc) is 2.54. The van der Waals surface area contributed by atoms with E-state index >= 15 is 0 Å². The summed E-state index contributed by atoms with van der Waals surface area (Å²) in [7, 11) is -3.38. The van der Waals surface area contributed by atoms with Gasteiger partial charge in [-0.05, 0) is 18.2 Å². The van der Waals surface area contributed by atoms with Crippen LogP contribution in [0, 0.1) is 0 Å². The second kappa shape index (κ2) is 4.87. The Morgan fingerprint density at radius 2 is 2.00 bits per heavy atom. The van der Waals surface area contributed by atoms with Gasteiger partial charge in [-0.1, -0.05) is 0 Å². The maximum absolute atomic E-state index is 10.9. The normalized spacial score (nSPS) is 11.2. The first-order valence-corrected chi connectivity index (χ1v) is 5.69. The molecule has 0 amide bonds. The monoisotopic (exact) mass is 265 g/mol. The SMILES string of the molecule is COn1c(S(=O)(=O)[O-])cc2ccc(O)cc21.[Na+]. The summed E-state index contributed by atoms with van der Waals surface area (Å²) in [5, 5.41) is 9.27. The smallest absolute Gasteiger partial charge is 0.743 e. The number of hydrogen-bond acceptors (Lipinski definition) is 5. The summed E-state index contributed by atoms with van der Waals surface area (Å²) in [6.45, 7) is 0. The standard InChI is InChI=1S/C9H9NO5S.Na/c1-15-10-8-5-7(11)3-2-6(8)4-9(10)16(12,13)14;/h2-5,11H,1H3,(H,12,13,14);/q;+1/p-1. The molecule has 1 N–H and O–H groups in total. The van der Waals surface area contributed by atoms with Gasteiger partial charge in [-0.15, -0.1) is 0 Å². The zero-order chi connectivity index (χ0) is 11.9. The first-order valence-electron chi connectivity index (χ1n) is 4.28. The molecule has 0 aliphatic carbocycles. The van der Waals surface area contributed by atoms with E-state index in [1.807, 2.05) is 0 Å². The maximum Gasteiger partial charge on any atom is 1.00 e. The molecule has 0 radical (unpaired) electrons. The zero-order valence-electron chi connectivity index (χ0n) is 9.25. The molecule has 0 fully saturated rings. The summed E-state index contributed by atoms with van der Waals surface area (Å²) in [5.41, 5.74) is 0.317. The van der Waals surface area contributed by atoms with Crippen LogP contribution in [0.25, 0.3) is 10.9 Å². The van der Waals surface area contributed by atoms with Crippen LogP contribution < -0.4 is 34.4 Å².